The molecular formula is C15H14N6O3. The third kappa shape index (κ3) is 3.14. The highest BCUT2D eigenvalue weighted by atomic mass is 16.5. The highest BCUT2D eigenvalue weighted by Crippen LogP contribution is 2.12. The van der Waals surface area contributed by atoms with Gasteiger partial charge in [0.15, 0.2) is 5.82 Å². The SMILES string of the molecule is CCOC(=O)c1cn[nH]c1N/N=C/c1nc2ccccc2[nH]c1=O. The van der Waals surface area contributed by atoms with Crippen LogP contribution in [0.15, 0.2) is 40.4 Å². The summed E-state index contributed by atoms with van der Waals surface area (Å²) in [4.78, 5) is 30.6. The number of hydrogen-bond acceptors (Lipinski definition) is 7. The van der Waals surface area contributed by atoms with Crippen molar-refractivity contribution in [3.8, 4) is 0 Å². The van der Waals surface area contributed by atoms with Crippen molar-refractivity contribution >= 4 is 29.0 Å². The van der Waals surface area contributed by atoms with Crippen LogP contribution >= 0.6 is 0 Å². The monoisotopic (exact) mass is 326 g/mol. The number of para-hydroxylation sites is 2. The summed E-state index contributed by atoms with van der Waals surface area (Å²) in [5.41, 5.74) is 3.89. The number of ether oxygens (including phenoxy) is 1. The van der Waals surface area contributed by atoms with Gasteiger partial charge in [0, 0.05) is 0 Å². The average molecular weight is 326 g/mol. The predicted octanol–water partition coefficient (Wildman–Crippen LogP) is 1.27. The highest BCUT2D eigenvalue weighted by Gasteiger charge is 2.14. The molecule has 0 amide bonds. The number of hydrogen-bond donors (Lipinski definition) is 3. The lowest BCUT2D eigenvalue weighted by atomic mass is 10.3. The maximum absolute atomic E-state index is 12.0. The number of nitrogens with zero attached hydrogens (tertiary/aromatic N) is 3. The first-order valence-corrected chi connectivity index (χ1v) is 7.17. The van der Waals surface area contributed by atoms with Crippen molar-refractivity contribution in [2.24, 2.45) is 5.10 Å². The number of rotatable bonds is 5. The van der Waals surface area contributed by atoms with E-state index < -0.39 is 5.97 Å². The molecule has 0 saturated carbocycles. The molecule has 0 radical (unpaired) electrons. The molecule has 0 aliphatic heterocycles. The zero-order chi connectivity index (χ0) is 16.9. The fourth-order valence-corrected chi connectivity index (χ4v) is 2.02. The summed E-state index contributed by atoms with van der Waals surface area (Å²) < 4.78 is 4.90. The first-order chi connectivity index (χ1) is 11.7. The van der Waals surface area contributed by atoms with Gasteiger partial charge in [-0.05, 0) is 19.1 Å². The van der Waals surface area contributed by atoms with Gasteiger partial charge in [0.2, 0.25) is 0 Å². The Hall–Kier alpha value is -3.49. The molecule has 0 saturated heterocycles. The van der Waals surface area contributed by atoms with Crippen LogP contribution in [0.3, 0.4) is 0 Å². The Bertz CT molecular complexity index is 959. The summed E-state index contributed by atoms with van der Waals surface area (Å²) in [6, 6.07) is 7.18. The van der Waals surface area contributed by atoms with Crippen molar-refractivity contribution in [1.82, 2.24) is 20.2 Å². The lowest BCUT2D eigenvalue weighted by Crippen LogP contribution is -2.15. The minimum atomic E-state index is -0.523. The van der Waals surface area contributed by atoms with E-state index in [1.54, 1.807) is 19.1 Å². The Morgan fingerprint density at radius 2 is 2.25 bits per heavy atom. The maximum atomic E-state index is 12.0. The molecular weight excluding hydrogens is 312 g/mol. The van der Waals surface area contributed by atoms with Gasteiger partial charge in [-0.15, -0.1) is 0 Å². The van der Waals surface area contributed by atoms with E-state index in [2.05, 4.69) is 30.7 Å². The van der Waals surface area contributed by atoms with Gasteiger partial charge in [-0.25, -0.2) is 9.78 Å². The van der Waals surface area contributed by atoms with Crippen LogP contribution in [-0.4, -0.2) is 39.0 Å². The number of aromatic amines is 2. The van der Waals surface area contributed by atoms with Gasteiger partial charge in [0.1, 0.15) is 11.3 Å². The number of H-pyrrole nitrogens is 2. The minimum absolute atomic E-state index is 0.137. The number of aromatic nitrogens is 4. The summed E-state index contributed by atoms with van der Waals surface area (Å²) in [6.45, 7) is 1.96. The first-order valence-electron chi connectivity index (χ1n) is 7.17. The van der Waals surface area contributed by atoms with Crippen molar-refractivity contribution in [2.45, 2.75) is 6.92 Å². The molecule has 3 N–H and O–H groups in total. The van der Waals surface area contributed by atoms with E-state index in [9.17, 15) is 9.59 Å². The number of esters is 1. The van der Waals surface area contributed by atoms with Gasteiger partial charge >= 0.3 is 5.97 Å². The molecule has 0 bridgehead atoms. The summed E-state index contributed by atoms with van der Waals surface area (Å²) in [7, 11) is 0. The second-order valence-corrected chi connectivity index (χ2v) is 4.72. The van der Waals surface area contributed by atoms with E-state index in [1.807, 2.05) is 12.1 Å². The second-order valence-electron chi connectivity index (χ2n) is 4.72. The lowest BCUT2D eigenvalue weighted by Gasteiger charge is -2.02. The van der Waals surface area contributed by atoms with Crippen LogP contribution in [0.5, 0.6) is 0 Å². The van der Waals surface area contributed by atoms with Gasteiger partial charge in [-0.2, -0.15) is 10.2 Å². The standard InChI is InChI=1S/C15H14N6O3/c1-2-24-15(23)9-7-16-20-13(9)21-17-8-12-14(22)19-11-6-4-3-5-10(11)18-12/h3-8H,2H2,1H3,(H,19,22)(H2,16,20,21)/b17-8+. The molecule has 9 nitrogen and oxygen atoms in total. The molecule has 0 atom stereocenters. The molecule has 122 valence electrons. The van der Waals surface area contributed by atoms with Crippen LogP contribution in [0.25, 0.3) is 11.0 Å². The molecule has 9 heteroatoms. The van der Waals surface area contributed by atoms with E-state index in [1.165, 1.54) is 12.4 Å². The van der Waals surface area contributed by atoms with Crippen molar-refractivity contribution in [3.05, 3.63) is 52.1 Å². The fourth-order valence-electron chi connectivity index (χ4n) is 2.02. The predicted molar refractivity (Wildman–Crippen MR) is 88.1 cm³/mol. The number of benzene rings is 1. The van der Waals surface area contributed by atoms with E-state index in [0.29, 0.717) is 11.0 Å². The molecule has 0 aliphatic carbocycles. The Balaban J connectivity index is 1.80. The third-order valence-electron chi connectivity index (χ3n) is 3.12. The molecule has 2 aromatic heterocycles. The number of fused-ring (bicyclic) bond motifs is 1. The maximum Gasteiger partial charge on any atom is 0.343 e. The van der Waals surface area contributed by atoms with E-state index in [0.717, 1.165) is 0 Å². The Labute approximate surface area is 135 Å². The number of carbonyl (C=O) groups is 1. The van der Waals surface area contributed by atoms with Gasteiger partial charge in [0.25, 0.3) is 5.56 Å². The lowest BCUT2D eigenvalue weighted by molar-refractivity contribution is 0.0527. The Morgan fingerprint density at radius 3 is 3.08 bits per heavy atom. The zero-order valence-corrected chi connectivity index (χ0v) is 12.7. The average Bonchev–Trinajstić information content (AvgIpc) is 3.04. The Morgan fingerprint density at radius 1 is 1.42 bits per heavy atom. The normalized spacial score (nSPS) is 11.0. The van der Waals surface area contributed by atoms with Gasteiger partial charge in [-0.3, -0.25) is 15.3 Å². The van der Waals surface area contributed by atoms with Gasteiger partial charge in [-0.1, -0.05) is 12.1 Å². The van der Waals surface area contributed by atoms with Crippen molar-refractivity contribution in [3.63, 3.8) is 0 Å². The molecule has 3 aromatic rings. The topological polar surface area (TPSA) is 125 Å². The van der Waals surface area contributed by atoms with Crippen LogP contribution in [0.4, 0.5) is 5.82 Å². The molecule has 2 heterocycles. The van der Waals surface area contributed by atoms with Gasteiger partial charge in [0.05, 0.1) is 30.1 Å². The van der Waals surface area contributed by atoms with Crippen molar-refractivity contribution < 1.29 is 9.53 Å². The number of carbonyl (C=O) groups excluding carboxylic acids is 1. The zero-order valence-electron chi connectivity index (χ0n) is 12.7. The molecule has 0 spiro atoms. The van der Waals surface area contributed by atoms with Crippen LogP contribution in [0.1, 0.15) is 23.0 Å². The van der Waals surface area contributed by atoms with Crippen molar-refractivity contribution in [1.29, 1.82) is 0 Å². The summed E-state index contributed by atoms with van der Waals surface area (Å²) in [5.74, 6) is -0.257. The molecule has 3 rings (SSSR count). The summed E-state index contributed by atoms with van der Waals surface area (Å²) in [5, 5.41) is 10.3. The number of hydrazone groups is 1. The highest BCUT2D eigenvalue weighted by molar-refractivity contribution is 5.94. The van der Waals surface area contributed by atoms with Crippen LogP contribution in [0.2, 0.25) is 0 Å². The second kappa shape index (κ2) is 6.73. The minimum Gasteiger partial charge on any atom is -0.462 e. The van der Waals surface area contributed by atoms with E-state index in [4.69, 9.17) is 4.74 Å². The van der Waals surface area contributed by atoms with E-state index in [-0.39, 0.29) is 29.2 Å². The molecule has 24 heavy (non-hydrogen) atoms. The fraction of sp³-hybridized carbons (Fsp3) is 0.133. The van der Waals surface area contributed by atoms with E-state index >= 15 is 0 Å². The summed E-state index contributed by atoms with van der Waals surface area (Å²) in [6.07, 6.45) is 2.60. The van der Waals surface area contributed by atoms with Crippen LogP contribution in [0, 0.1) is 0 Å². The first kappa shape index (κ1) is 15.4. The Kier molecular flexibility index (Phi) is 4.32. The molecule has 0 fully saturated rings. The number of nitrogens with one attached hydrogen (secondary N) is 3. The van der Waals surface area contributed by atoms with Crippen molar-refractivity contribution in [2.75, 3.05) is 12.0 Å². The third-order valence-corrected chi connectivity index (χ3v) is 3.12. The quantitative estimate of drug-likeness (QED) is 0.368. The van der Waals surface area contributed by atoms with Crippen LogP contribution in [-0.2, 0) is 4.74 Å². The van der Waals surface area contributed by atoms with Gasteiger partial charge < -0.3 is 9.72 Å². The largest absolute Gasteiger partial charge is 0.462 e. The molecule has 1 aromatic carbocycles. The number of anilines is 1. The summed E-state index contributed by atoms with van der Waals surface area (Å²) >= 11 is 0. The molecule has 0 aliphatic rings. The smallest absolute Gasteiger partial charge is 0.343 e. The van der Waals surface area contributed by atoms with Crippen LogP contribution < -0.4 is 11.0 Å². The molecule has 0 unspecified atom stereocenters.